The molecule has 4 nitrogen and oxygen atoms in total. The number of nitrogens with zero attached hydrogens (tertiary/aromatic N) is 1. The van der Waals surface area contributed by atoms with E-state index in [4.69, 9.17) is 0 Å². The molecule has 0 unspecified atom stereocenters. The van der Waals surface area contributed by atoms with E-state index in [0.29, 0.717) is 5.39 Å². The van der Waals surface area contributed by atoms with Gasteiger partial charge in [0.1, 0.15) is 5.75 Å². The highest BCUT2D eigenvalue weighted by atomic mass is 32.2. The Labute approximate surface area is 129 Å². The van der Waals surface area contributed by atoms with Gasteiger partial charge in [0.25, 0.3) is 10.0 Å². The number of rotatable bonds is 3. The van der Waals surface area contributed by atoms with Crippen LogP contribution >= 0.6 is 0 Å². The maximum atomic E-state index is 12.6. The van der Waals surface area contributed by atoms with Gasteiger partial charge in [-0.05, 0) is 30.3 Å². The van der Waals surface area contributed by atoms with Crippen molar-refractivity contribution in [3.05, 3.63) is 60.8 Å². The van der Waals surface area contributed by atoms with Gasteiger partial charge >= 0.3 is 6.36 Å². The Morgan fingerprint density at radius 1 is 0.957 bits per heavy atom. The van der Waals surface area contributed by atoms with Crippen LogP contribution in [0, 0.1) is 0 Å². The van der Waals surface area contributed by atoms with Crippen LogP contribution in [0.2, 0.25) is 0 Å². The molecule has 120 valence electrons. The Morgan fingerprint density at radius 2 is 1.65 bits per heavy atom. The predicted octanol–water partition coefficient (Wildman–Crippen LogP) is 3.78. The minimum Gasteiger partial charge on any atom is -0.406 e. The zero-order chi connectivity index (χ0) is 16.7. The molecule has 0 aliphatic rings. The van der Waals surface area contributed by atoms with E-state index in [-0.39, 0.29) is 10.4 Å². The van der Waals surface area contributed by atoms with Gasteiger partial charge in [-0.15, -0.1) is 13.2 Å². The second kappa shape index (κ2) is 5.31. The second-order valence-corrected chi connectivity index (χ2v) is 6.51. The molecule has 0 spiro atoms. The molecule has 8 heteroatoms. The van der Waals surface area contributed by atoms with Gasteiger partial charge in [0.15, 0.2) is 0 Å². The summed E-state index contributed by atoms with van der Waals surface area (Å²) in [6, 6.07) is 12.7. The maximum Gasteiger partial charge on any atom is 0.573 e. The third-order valence-electron chi connectivity index (χ3n) is 3.16. The fourth-order valence-corrected chi connectivity index (χ4v) is 3.56. The van der Waals surface area contributed by atoms with Crippen molar-refractivity contribution in [3.8, 4) is 5.75 Å². The van der Waals surface area contributed by atoms with Crippen LogP contribution in [0.3, 0.4) is 0 Å². The molecule has 0 saturated carbocycles. The Kier molecular flexibility index (Phi) is 3.56. The smallest absolute Gasteiger partial charge is 0.406 e. The lowest BCUT2D eigenvalue weighted by atomic mass is 10.2. The molecular formula is C15H10F3NO3S. The second-order valence-electron chi connectivity index (χ2n) is 4.70. The van der Waals surface area contributed by atoms with Crippen LogP contribution in [0.15, 0.2) is 65.7 Å². The summed E-state index contributed by atoms with van der Waals surface area (Å²) in [5, 5.41) is 0.485. The van der Waals surface area contributed by atoms with Gasteiger partial charge in [0.05, 0.1) is 10.4 Å². The lowest BCUT2D eigenvalue weighted by Gasteiger charge is -2.10. The Hall–Kier alpha value is -2.48. The molecule has 0 N–H and O–H groups in total. The van der Waals surface area contributed by atoms with Crippen LogP contribution in [0.25, 0.3) is 10.9 Å². The molecule has 0 amide bonds. The largest absolute Gasteiger partial charge is 0.573 e. The molecule has 3 rings (SSSR count). The zero-order valence-electron chi connectivity index (χ0n) is 11.5. The lowest BCUT2D eigenvalue weighted by molar-refractivity contribution is -0.274. The fourth-order valence-electron chi connectivity index (χ4n) is 2.20. The number of benzene rings is 2. The number of halogens is 3. The van der Waals surface area contributed by atoms with E-state index >= 15 is 0 Å². The molecule has 0 saturated heterocycles. The SMILES string of the molecule is O=S(=O)(c1ccccc1)n1ccc2ccc(OC(F)(F)F)cc21. The summed E-state index contributed by atoms with van der Waals surface area (Å²) < 4.78 is 66.9. The quantitative estimate of drug-likeness (QED) is 0.728. The monoisotopic (exact) mass is 341 g/mol. The summed E-state index contributed by atoms with van der Waals surface area (Å²) in [7, 11) is -3.90. The summed E-state index contributed by atoms with van der Waals surface area (Å²) in [5.41, 5.74) is 0.107. The number of aromatic nitrogens is 1. The van der Waals surface area contributed by atoms with Crippen molar-refractivity contribution in [3.63, 3.8) is 0 Å². The highest BCUT2D eigenvalue weighted by Crippen LogP contribution is 2.29. The first-order chi connectivity index (χ1) is 10.8. The number of hydrogen-bond acceptors (Lipinski definition) is 3. The van der Waals surface area contributed by atoms with Gasteiger partial charge in [-0.2, -0.15) is 0 Å². The molecule has 0 aliphatic carbocycles. The Bertz CT molecular complexity index is 947. The molecule has 3 aromatic rings. The van der Waals surface area contributed by atoms with Gasteiger partial charge < -0.3 is 4.74 Å². The first-order valence-corrected chi connectivity index (χ1v) is 7.89. The van der Waals surface area contributed by atoms with E-state index in [0.717, 1.165) is 16.1 Å². The third-order valence-corrected chi connectivity index (χ3v) is 4.87. The minimum absolute atomic E-state index is 0.0413. The number of ether oxygens (including phenoxy) is 1. The van der Waals surface area contributed by atoms with Crippen molar-refractivity contribution in [2.45, 2.75) is 11.3 Å². The van der Waals surface area contributed by atoms with Crippen molar-refractivity contribution in [2.24, 2.45) is 0 Å². The Morgan fingerprint density at radius 3 is 2.30 bits per heavy atom. The van der Waals surface area contributed by atoms with E-state index in [1.54, 1.807) is 18.2 Å². The van der Waals surface area contributed by atoms with Crippen LogP contribution in [-0.2, 0) is 10.0 Å². The summed E-state index contributed by atoms with van der Waals surface area (Å²) >= 11 is 0. The normalized spacial score (nSPS) is 12.5. The molecule has 0 bridgehead atoms. The molecule has 0 atom stereocenters. The van der Waals surface area contributed by atoms with Gasteiger partial charge in [-0.1, -0.05) is 18.2 Å². The summed E-state index contributed by atoms with van der Waals surface area (Å²) in [6.07, 6.45) is -3.55. The summed E-state index contributed by atoms with van der Waals surface area (Å²) in [5.74, 6) is -0.479. The van der Waals surface area contributed by atoms with E-state index in [2.05, 4.69) is 4.74 Å². The van der Waals surface area contributed by atoms with E-state index < -0.39 is 22.1 Å². The van der Waals surface area contributed by atoms with Crippen LogP contribution < -0.4 is 4.74 Å². The highest BCUT2D eigenvalue weighted by Gasteiger charge is 2.31. The van der Waals surface area contributed by atoms with Crippen LogP contribution in [0.5, 0.6) is 5.75 Å². The van der Waals surface area contributed by atoms with Crippen molar-refractivity contribution in [2.75, 3.05) is 0 Å². The van der Waals surface area contributed by atoms with Crippen molar-refractivity contribution >= 4 is 20.9 Å². The zero-order valence-corrected chi connectivity index (χ0v) is 12.3. The minimum atomic E-state index is -4.84. The topological polar surface area (TPSA) is 48.3 Å². The highest BCUT2D eigenvalue weighted by molar-refractivity contribution is 7.90. The third kappa shape index (κ3) is 3.02. The molecule has 0 aliphatic heterocycles. The molecule has 2 aromatic carbocycles. The van der Waals surface area contributed by atoms with Crippen LogP contribution in [0.1, 0.15) is 0 Å². The number of alkyl halides is 3. The summed E-state index contributed by atoms with van der Waals surface area (Å²) in [4.78, 5) is 0.0413. The maximum absolute atomic E-state index is 12.6. The summed E-state index contributed by atoms with van der Waals surface area (Å²) in [6.45, 7) is 0. The fraction of sp³-hybridized carbons (Fsp3) is 0.0667. The standard InChI is InChI=1S/C15H10F3NO3S/c16-15(17,18)22-12-7-6-11-8-9-19(14(11)10-12)23(20,21)13-4-2-1-3-5-13/h1-10H. The lowest BCUT2D eigenvalue weighted by Crippen LogP contribution is -2.17. The van der Waals surface area contributed by atoms with Crippen LogP contribution in [0.4, 0.5) is 13.2 Å². The van der Waals surface area contributed by atoms with Crippen LogP contribution in [-0.4, -0.2) is 18.8 Å². The first kappa shape index (κ1) is 15.4. The molecule has 1 heterocycles. The van der Waals surface area contributed by atoms with Gasteiger partial charge in [0, 0.05) is 17.6 Å². The van der Waals surface area contributed by atoms with E-state index in [1.807, 2.05) is 0 Å². The average Bonchev–Trinajstić information content (AvgIpc) is 2.90. The first-order valence-electron chi connectivity index (χ1n) is 6.45. The van der Waals surface area contributed by atoms with Gasteiger partial charge in [-0.25, -0.2) is 12.4 Å². The van der Waals surface area contributed by atoms with E-state index in [1.165, 1.54) is 30.5 Å². The van der Waals surface area contributed by atoms with Gasteiger partial charge in [0.2, 0.25) is 0 Å². The molecular weight excluding hydrogens is 331 g/mol. The average molecular weight is 341 g/mol. The number of fused-ring (bicyclic) bond motifs is 1. The molecule has 0 radical (unpaired) electrons. The Balaban J connectivity index is 2.13. The van der Waals surface area contributed by atoms with Crippen molar-refractivity contribution in [1.82, 2.24) is 3.97 Å². The van der Waals surface area contributed by atoms with Crippen molar-refractivity contribution < 1.29 is 26.3 Å². The van der Waals surface area contributed by atoms with Crippen molar-refractivity contribution in [1.29, 1.82) is 0 Å². The van der Waals surface area contributed by atoms with E-state index in [9.17, 15) is 21.6 Å². The molecule has 23 heavy (non-hydrogen) atoms. The molecule has 0 fully saturated rings. The molecule has 1 aromatic heterocycles. The number of hydrogen-bond donors (Lipinski definition) is 0. The van der Waals surface area contributed by atoms with Gasteiger partial charge in [-0.3, -0.25) is 0 Å². The predicted molar refractivity (Wildman–Crippen MR) is 77.6 cm³/mol.